The number of unbranched alkanes of at least 4 members (excludes halogenated alkanes) is 1. The highest BCUT2D eigenvalue weighted by Crippen LogP contribution is 2.27. The highest BCUT2D eigenvalue weighted by Gasteiger charge is 2.24. The number of ether oxygens (including phenoxy) is 1. The number of hydrogen-bond acceptors (Lipinski definition) is 3. The zero-order valence-corrected chi connectivity index (χ0v) is 16.0. The van der Waals surface area contributed by atoms with Gasteiger partial charge in [-0.25, -0.2) is 4.79 Å². The van der Waals surface area contributed by atoms with Crippen LogP contribution in [0.1, 0.15) is 44.9 Å². The van der Waals surface area contributed by atoms with Crippen LogP contribution in [0.15, 0.2) is 40.9 Å². The topological polar surface area (TPSA) is 41.9 Å². The van der Waals surface area contributed by atoms with E-state index in [2.05, 4.69) is 11.1 Å². The van der Waals surface area contributed by atoms with E-state index in [9.17, 15) is 4.79 Å². The van der Waals surface area contributed by atoms with Crippen molar-refractivity contribution in [3.63, 3.8) is 0 Å². The lowest BCUT2D eigenvalue weighted by molar-refractivity contribution is 0.129. The van der Waals surface area contributed by atoms with Gasteiger partial charge >= 0.3 is 6.09 Å². The van der Waals surface area contributed by atoms with Crippen LogP contribution in [0, 0.1) is 5.92 Å². The van der Waals surface area contributed by atoms with Gasteiger partial charge in [0.25, 0.3) is 0 Å². The van der Waals surface area contributed by atoms with Gasteiger partial charge < -0.3 is 9.64 Å². The number of nitrogens with zero attached hydrogens (tertiary/aromatic N) is 2. The second-order valence-electron chi connectivity index (χ2n) is 7.10. The van der Waals surface area contributed by atoms with Gasteiger partial charge in [-0.05, 0) is 56.2 Å². The van der Waals surface area contributed by atoms with Crippen molar-refractivity contribution in [3.05, 3.63) is 40.9 Å². The smallest absolute Gasteiger partial charge is 0.409 e. The first kappa shape index (κ1) is 19.0. The third-order valence-electron chi connectivity index (χ3n) is 5.24. The summed E-state index contributed by atoms with van der Waals surface area (Å²) < 4.78 is 5.42. The fraction of sp³-hybridized carbons (Fsp3) is 0.524. The van der Waals surface area contributed by atoms with Crippen molar-refractivity contribution in [1.29, 1.82) is 0 Å². The molecular weight excluding hydrogens is 348 g/mol. The number of rotatable bonds is 6. The highest BCUT2D eigenvalue weighted by molar-refractivity contribution is 6.32. The molecule has 1 aromatic rings. The maximum Gasteiger partial charge on any atom is 0.415 e. The molecule has 3 rings (SSSR count). The van der Waals surface area contributed by atoms with Gasteiger partial charge in [-0.2, -0.15) is 0 Å². The number of aliphatic imine (C=N–C) groups is 1. The molecule has 1 aromatic carbocycles. The van der Waals surface area contributed by atoms with Gasteiger partial charge in [0.2, 0.25) is 0 Å². The van der Waals surface area contributed by atoms with E-state index in [1.165, 1.54) is 31.3 Å². The summed E-state index contributed by atoms with van der Waals surface area (Å²) in [5.74, 6) is 1.16. The number of allylic oxidation sites excluding steroid dienone is 1. The number of carbonyl (C=O) groups excluding carboxylic acids is 1. The lowest BCUT2D eigenvalue weighted by Gasteiger charge is -2.31. The van der Waals surface area contributed by atoms with Gasteiger partial charge in [-0.3, -0.25) is 4.99 Å². The van der Waals surface area contributed by atoms with Crippen molar-refractivity contribution in [2.24, 2.45) is 10.9 Å². The SMILES string of the molecule is O=C(Oc1ccccc1Cl)N1CCC(CCCCC2=CC=NCC2)CC1. The molecule has 5 heteroatoms. The molecule has 1 fully saturated rings. The summed E-state index contributed by atoms with van der Waals surface area (Å²) in [6.07, 6.45) is 12.1. The van der Waals surface area contributed by atoms with Crippen LogP contribution in [0.25, 0.3) is 0 Å². The van der Waals surface area contributed by atoms with Gasteiger partial charge in [0, 0.05) is 25.8 Å². The minimum atomic E-state index is -0.289. The molecule has 1 saturated heterocycles. The number of carbonyl (C=O) groups is 1. The van der Waals surface area contributed by atoms with E-state index in [-0.39, 0.29) is 6.09 Å². The van der Waals surface area contributed by atoms with Gasteiger partial charge in [-0.15, -0.1) is 0 Å². The average Bonchev–Trinajstić information content (AvgIpc) is 2.68. The summed E-state index contributed by atoms with van der Waals surface area (Å²) in [6.45, 7) is 2.50. The normalized spacial score (nSPS) is 17.9. The lowest BCUT2D eigenvalue weighted by Crippen LogP contribution is -2.40. The molecule has 0 spiro atoms. The second kappa shape index (κ2) is 9.77. The molecule has 2 aliphatic heterocycles. The zero-order chi connectivity index (χ0) is 18.2. The van der Waals surface area contributed by atoms with Crippen molar-refractivity contribution in [2.75, 3.05) is 19.6 Å². The third kappa shape index (κ3) is 5.60. The van der Waals surface area contributed by atoms with Crippen LogP contribution < -0.4 is 4.74 Å². The van der Waals surface area contributed by atoms with Crippen molar-refractivity contribution in [1.82, 2.24) is 4.90 Å². The quantitative estimate of drug-likeness (QED) is 0.616. The summed E-state index contributed by atoms with van der Waals surface area (Å²) in [7, 11) is 0. The van der Waals surface area contributed by atoms with Crippen molar-refractivity contribution < 1.29 is 9.53 Å². The van der Waals surface area contributed by atoms with E-state index in [4.69, 9.17) is 16.3 Å². The number of benzene rings is 1. The minimum absolute atomic E-state index is 0.289. The molecule has 0 saturated carbocycles. The molecule has 0 radical (unpaired) electrons. The molecule has 4 nitrogen and oxygen atoms in total. The first-order valence-corrected chi connectivity index (χ1v) is 9.99. The summed E-state index contributed by atoms with van der Waals surface area (Å²) in [5.41, 5.74) is 1.54. The molecule has 0 bridgehead atoms. The van der Waals surface area contributed by atoms with Crippen LogP contribution in [0.5, 0.6) is 5.75 Å². The van der Waals surface area contributed by atoms with E-state index in [0.717, 1.165) is 44.8 Å². The van der Waals surface area contributed by atoms with Crippen molar-refractivity contribution in [2.45, 2.75) is 44.9 Å². The predicted octanol–water partition coefficient (Wildman–Crippen LogP) is 5.51. The molecule has 0 N–H and O–H groups in total. The standard InChI is InChI=1S/C21H27ClN2O2/c22-19-7-3-4-8-20(19)26-21(25)24-15-11-18(12-16-24)6-2-1-5-17-9-13-23-14-10-17/h3-4,7-9,13,18H,1-2,5-6,10-12,14-16H2. The Morgan fingerprint density at radius 3 is 2.77 bits per heavy atom. The fourth-order valence-electron chi connectivity index (χ4n) is 3.61. The Hall–Kier alpha value is -1.81. The minimum Gasteiger partial charge on any atom is -0.409 e. The zero-order valence-electron chi connectivity index (χ0n) is 15.2. The third-order valence-corrected chi connectivity index (χ3v) is 5.56. The van der Waals surface area contributed by atoms with Gasteiger partial charge in [0.15, 0.2) is 5.75 Å². The van der Waals surface area contributed by atoms with Crippen LogP contribution in [-0.4, -0.2) is 36.8 Å². The van der Waals surface area contributed by atoms with E-state index in [1.807, 2.05) is 18.3 Å². The Bertz CT molecular complexity index is 664. The first-order valence-electron chi connectivity index (χ1n) is 9.61. The molecule has 0 aliphatic carbocycles. The van der Waals surface area contributed by atoms with Crippen LogP contribution in [0.4, 0.5) is 4.79 Å². The van der Waals surface area contributed by atoms with Gasteiger partial charge in [0.1, 0.15) is 0 Å². The Morgan fingerprint density at radius 1 is 1.23 bits per heavy atom. The maximum atomic E-state index is 12.3. The van der Waals surface area contributed by atoms with E-state index in [0.29, 0.717) is 10.8 Å². The molecular formula is C21H27ClN2O2. The molecule has 140 valence electrons. The number of piperidine rings is 1. The van der Waals surface area contributed by atoms with Crippen LogP contribution in [0.2, 0.25) is 5.02 Å². The van der Waals surface area contributed by atoms with E-state index < -0.39 is 0 Å². The van der Waals surface area contributed by atoms with E-state index >= 15 is 0 Å². The highest BCUT2D eigenvalue weighted by atomic mass is 35.5. The fourth-order valence-corrected chi connectivity index (χ4v) is 3.78. The Labute approximate surface area is 160 Å². The molecule has 2 heterocycles. The molecule has 2 aliphatic rings. The van der Waals surface area contributed by atoms with Gasteiger partial charge in [-0.1, -0.05) is 42.1 Å². The van der Waals surface area contributed by atoms with Crippen molar-refractivity contribution >= 4 is 23.9 Å². The Kier molecular flexibility index (Phi) is 7.13. The summed E-state index contributed by atoms with van der Waals surface area (Å²) in [4.78, 5) is 18.3. The lowest BCUT2D eigenvalue weighted by atomic mass is 9.90. The summed E-state index contributed by atoms with van der Waals surface area (Å²) in [6, 6.07) is 7.09. The average molecular weight is 375 g/mol. The number of para-hydroxylation sites is 1. The largest absolute Gasteiger partial charge is 0.415 e. The summed E-state index contributed by atoms with van der Waals surface area (Å²) in [5, 5.41) is 0.468. The van der Waals surface area contributed by atoms with Crippen LogP contribution in [0.3, 0.4) is 0 Å². The molecule has 1 amide bonds. The number of hydrogen-bond donors (Lipinski definition) is 0. The number of dihydropyridines is 1. The second-order valence-corrected chi connectivity index (χ2v) is 7.51. The summed E-state index contributed by atoms with van der Waals surface area (Å²) >= 11 is 6.05. The van der Waals surface area contributed by atoms with Gasteiger partial charge in [0.05, 0.1) is 5.02 Å². The van der Waals surface area contributed by atoms with Crippen LogP contribution in [-0.2, 0) is 0 Å². The molecule has 26 heavy (non-hydrogen) atoms. The molecule has 0 atom stereocenters. The van der Waals surface area contributed by atoms with Crippen molar-refractivity contribution in [3.8, 4) is 5.75 Å². The Balaban J connectivity index is 1.33. The Morgan fingerprint density at radius 2 is 2.04 bits per heavy atom. The number of amides is 1. The van der Waals surface area contributed by atoms with E-state index in [1.54, 1.807) is 17.0 Å². The molecule has 0 unspecified atom stereocenters. The predicted molar refractivity (Wildman–Crippen MR) is 106 cm³/mol. The monoisotopic (exact) mass is 374 g/mol. The number of likely N-dealkylation sites (tertiary alicyclic amines) is 1. The first-order chi connectivity index (χ1) is 12.7. The van der Waals surface area contributed by atoms with Crippen LogP contribution >= 0.6 is 11.6 Å². The maximum absolute atomic E-state index is 12.3. The number of halogens is 1. The molecule has 0 aromatic heterocycles.